The predicted molar refractivity (Wildman–Crippen MR) is 94.9 cm³/mol. The number of aryl methyl sites for hydroxylation is 1. The zero-order valence-electron chi connectivity index (χ0n) is 14.9. The van der Waals surface area contributed by atoms with E-state index in [1.807, 2.05) is 0 Å². The zero-order valence-corrected chi connectivity index (χ0v) is 14.9. The van der Waals surface area contributed by atoms with Crippen molar-refractivity contribution >= 4 is 5.97 Å². The second-order valence-electron chi connectivity index (χ2n) is 8.09. The summed E-state index contributed by atoms with van der Waals surface area (Å²) in [7, 11) is 2.20. The first-order valence-electron chi connectivity index (χ1n) is 9.62. The van der Waals surface area contributed by atoms with E-state index < -0.39 is 0 Å². The second-order valence-corrected chi connectivity index (χ2v) is 8.09. The molecular formula is C21H29NO2. The van der Waals surface area contributed by atoms with Crippen LogP contribution in [0.5, 0.6) is 0 Å². The third-order valence-electron chi connectivity index (χ3n) is 6.63. The van der Waals surface area contributed by atoms with Crippen LogP contribution in [0.15, 0.2) is 24.3 Å². The topological polar surface area (TPSA) is 29.5 Å². The summed E-state index contributed by atoms with van der Waals surface area (Å²) in [6.07, 6.45) is 8.12. The molecule has 3 fully saturated rings. The Bertz CT molecular complexity index is 590. The smallest absolute Gasteiger partial charge is 0.311 e. The Morgan fingerprint density at radius 2 is 1.79 bits per heavy atom. The molecule has 0 aromatic heterocycles. The molecule has 1 aromatic carbocycles. The van der Waals surface area contributed by atoms with E-state index in [1.54, 1.807) is 0 Å². The Morgan fingerprint density at radius 1 is 1.08 bits per heavy atom. The van der Waals surface area contributed by atoms with E-state index in [0.717, 1.165) is 25.7 Å². The number of esters is 1. The number of hydrogen-bond donors (Lipinski definition) is 0. The maximum atomic E-state index is 13.1. The molecule has 1 aliphatic carbocycles. The summed E-state index contributed by atoms with van der Waals surface area (Å²) in [5.41, 5.74) is 2.60. The fourth-order valence-corrected chi connectivity index (χ4v) is 5.19. The van der Waals surface area contributed by atoms with Gasteiger partial charge in [0.25, 0.3) is 0 Å². The molecule has 130 valence electrons. The van der Waals surface area contributed by atoms with Crippen molar-refractivity contribution in [2.24, 2.45) is 5.92 Å². The lowest BCUT2D eigenvalue weighted by molar-refractivity contribution is -0.158. The van der Waals surface area contributed by atoms with Crippen LogP contribution in [0, 0.1) is 12.8 Å². The molecule has 24 heavy (non-hydrogen) atoms. The van der Waals surface area contributed by atoms with E-state index in [1.165, 1.54) is 30.4 Å². The molecule has 3 nitrogen and oxygen atoms in total. The highest BCUT2D eigenvalue weighted by Crippen LogP contribution is 2.47. The molecule has 1 unspecified atom stereocenters. The first kappa shape index (κ1) is 16.1. The molecule has 0 N–H and O–H groups in total. The molecule has 1 aromatic rings. The van der Waals surface area contributed by atoms with Gasteiger partial charge in [-0.05, 0) is 64.5 Å². The number of fused-ring (bicyclic) bond motifs is 2. The highest BCUT2D eigenvalue weighted by atomic mass is 16.5. The van der Waals surface area contributed by atoms with E-state index in [-0.39, 0.29) is 18.0 Å². The highest BCUT2D eigenvalue weighted by Gasteiger charge is 2.50. The van der Waals surface area contributed by atoms with Gasteiger partial charge in [-0.25, -0.2) is 0 Å². The Balaban J connectivity index is 1.60. The quantitative estimate of drug-likeness (QED) is 0.785. The summed E-state index contributed by atoms with van der Waals surface area (Å²) >= 11 is 0. The van der Waals surface area contributed by atoms with E-state index >= 15 is 0 Å². The Morgan fingerprint density at radius 3 is 2.50 bits per heavy atom. The average Bonchev–Trinajstić information content (AvgIpc) is 3.14. The molecule has 4 rings (SSSR count). The molecule has 2 saturated heterocycles. The summed E-state index contributed by atoms with van der Waals surface area (Å²) < 4.78 is 5.96. The normalized spacial score (nSPS) is 33.8. The minimum atomic E-state index is -0.00273. The van der Waals surface area contributed by atoms with E-state index in [0.29, 0.717) is 18.0 Å². The van der Waals surface area contributed by atoms with Crippen LogP contribution in [-0.2, 0) is 9.53 Å². The molecule has 0 spiro atoms. The first-order chi connectivity index (χ1) is 11.6. The molecule has 3 heteroatoms. The summed E-state index contributed by atoms with van der Waals surface area (Å²) in [4.78, 5) is 15.5. The molecule has 0 radical (unpaired) electrons. The number of benzene rings is 1. The van der Waals surface area contributed by atoms with Gasteiger partial charge >= 0.3 is 5.97 Å². The minimum absolute atomic E-state index is 0.00273. The molecule has 3 aliphatic rings. The van der Waals surface area contributed by atoms with Crippen LogP contribution < -0.4 is 0 Å². The van der Waals surface area contributed by atoms with Gasteiger partial charge in [-0.2, -0.15) is 0 Å². The summed E-state index contributed by atoms with van der Waals surface area (Å²) in [5, 5.41) is 0. The van der Waals surface area contributed by atoms with Crippen molar-refractivity contribution in [3.05, 3.63) is 35.4 Å². The van der Waals surface area contributed by atoms with Gasteiger partial charge in [0.15, 0.2) is 0 Å². The summed E-state index contributed by atoms with van der Waals surface area (Å²) in [6, 6.07) is 9.77. The van der Waals surface area contributed by atoms with Gasteiger partial charge in [-0.1, -0.05) is 29.8 Å². The van der Waals surface area contributed by atoms with Crippen LogP contribution in [0.3, 0.4) is 0 Å². The van der Waals surface area contributed by atoms with Gasteiger partial charge in [0.2, 0.25) is 0 Å². The summed E-state index contributed by atoms with van der Waals surface area (Å²) in [6.45, 7) is 2.12. The number of ether oxygens (including phenoxy) is 1. The van der Waals surface area contributed by atoms with Crippen LogP contribution in [0.2, 0.25) is 0 Å². The van der Waals surface area contributed by atoms with Crippen LogP contribution in [0.25, 0.3) is 0 Å². The molecule has 1 saturated carbocycles. The van der Waals surface area contributed by atoms with Gasteiger partial charge in [-0.15, -0.1) is 0 Å². The number of rotatable bonds is 3. The predicted octanol–water partition coefficient (Wildman–Crippen LogP) is 4.05. The third-order valence-corrected chi connectivity index (χ3v) is 6.63. The summed E-state index contributed by atoms with van der Waals surface area (Å²) in [5.74, 6) is 0.370. The Kier molecular flexibility index (Phi) is 4.38. The molecule has 2 aliphatic heterocycles. The Labute approximate surface area is 145 Å². The number of carbonyl (C=O) groups excluding carboxylic acids is 1. The SMILES string of the molecule is Cc1ccc([C@H]2C[C@H]3CCC([C@H]2C(=O)OC2CCCC2)N3C)cc1. The fraction of sp³-hybridized carbons (Fsp3) is 0.667. The fourth-order valence-electron chi connectivity index (χ4n) is 5.19. The lowest BCUT2D eigenvalue weighted by atomic mass is 9.76. The number of hydrogen-bond acceptors (Lipinski definition) is 3. The van der Waals surface area contributed by atoms with Crippen molar-refractivity contribution < 1.29 is 9.53 Å². The van der Waals surface area contributed by atoms with E-state index in [2.05, 4.69) is 43.1 Å². The van der Waals surface area contributed by atoms with Crippen LogP contribution in [0.4, 0.5) is 0 Å². The van der Waals surface area contributed by atoms with Crippen molar-refractivity contribution in [3.8, 4) is 0 Å². The van der Waals surface area contributed by atoms with Crippen molar-refractivity contribution in [1.29, 1.82) is 0 Å². The van der Waals surface area contributed by atoms with Gasteiger partial charge in [0.05, 0.1) is 5.92 Å². The van der Waals surface area contributed by atoms with E-state index in [4.69, 9.17) is 4.74 Å². The second kappa shape index (κ2) is 6.51. The minimum Gasteiger partial charge on any atom is -0.462 e. The highest BCUT2D eigenvalue weighted by molar-refractivity contribution is 5.75. The zero-order chi connectivity index (χ0) is 16.7. The van der Waals surface area contributed by atoms with Gasteiger partial charge in [-0.3, -0.25) is 9.69 Å². The number of nitrogens with zero attached hydrogens (tertiary/aromatic N) is 1. The van der Waals surface area contributed by atoms with Crippen LogP contribution in [0.1, 0.15) is 62.0 Å². The Hall–Kier alpha value is -1.35. The molecule has 0 amide bonds. The van der Waals surface area contributed by atoms with Crippen molar-refractivity contribution in [2.75, 3.05) is 7.05 Å². The van der Waals surface area contributed by atoms with Gasteiger partial charge in [0, 0.05) is 18.0 Å². The lowest BCUT2D eigenvalue weighted by Gasteiger charge is -2.42. The third kappa shape index (κ3) is 2.88. The lowest BCUT2D eigenvalue weighted by Crippen LogP contribution is -2.49. The molecule has 4 atom stereocenters. The van der Waals surface area contributed by atoms with E-state index in [9.17, 15) is 4.79 Å². The first-order valence-corrected chi connectivity index (χ1v) is 9.62. The average molecular weight is 327 g/mol. The van der Waals surface area contributed by atoms with Crippen molar-refractivity contribution in [2.45, 2.75) is 76.0 Å². The maximum absolute atomic E-state index is 13.1. The van der Waals surface area contributed by atoms with Crippen molar-refractivity contribution in [3.63, 3.8) is 0 Å². The number of piperidine rings is 1. The number of carbonyl (C=O) groups is 1. The monoisotopic (exact) mass is 327 g/mol. The standard InChI is InChI=1S/C21H29NO2/c1-14-7-9-15(10-8-14)18-13-16-11-12-19(22(16)2)20(18)21(23)24-17-5-3-4-6-17/h7-10,16-20H,3-6,11-13H2,1-2H3/t16-,18-,19?,20+/m1/s1. The van der Waals surface area contributed by atoms with Crippen molar-refractivity contribution in [1.82, 2.24) is 4.90 Å². The van der Waals surface area contributed by atoms with Crippen LogP contribution in [-0.4, -0.2) is 36.1 Å². The van der Waals surface area contributed by atoms with Gasteiger partial charge < -0.3 is 4.74 Å². The molecule has 2 bridgehead atoms. The maximum Gasteiger partial charge on any atom is 0.311 e. The van der Waals surface area contributed by atoms with Crippen LogP contribution >= 0.6 is 0 Å². The largest absolute Gasteiger partial charge is 0.462 e. The van der Waals surface area contributed by atoms with Gasteiger partial charge in [0.1, 0.15) is 6.10 Å². The molecule has 2 heterocycles. The molecular weight excluding hydrogens is 298 g/mol.